The largest absolute Gasteiger partial charge is 0.505 e. The molecule has 2 aliphatic rings. The number of halogens is 1. The molecule has 10 heteroatoms. The highest BCUT2D eigenvalue weighted by Gasteiger charge is 2.45. The second-order valence-corrected chi connectivity index (χ2v) is 11.4. The summed E-state index contributed by atoms with van der Waals surface area (Å²) in [5, 5.41) is 13.7. The van der Waals surface area contributed by atoms with Crippen LogP contribution in [0.25, 0.3) is 0 Å². The van der Waals surface area contributed by atoms with E-state index in [9.17, 15) is 9.90 Å². The van der Waals surface area contributed by atoms with Gasteiger partial charge in [0.2, 0.25) is 0 Å². The summed E-state index contributed by atoms with van der Waals surface area (Å²) in [5.74, 6) is 0.0969. The fourth-order valence-corrected chi connectivity index (χ4v) is 6.64. The van der Waals surface area contributed by atoms with E-state index < -0.39 is 5.91 Å². The van der Waals surface area contributed by atoms with Gasteiger partial charge in [-0.2, -0.15) is 0 Å². The fourth-order valence-electron chi connectivity index (χ4n) is 5.56. The number of aromatic nitrogens is 3. The second kappa shape index (κ2) is 10.5. The van der Waals surface area contributed by atoms with Gasteiger partial charge < -0.3 is 21.1 Å². The highest BCUT2D eigenvalue weighted by Crippen LogP contribution is 2.51. The monoisotopic (exact) mass is 558 g/mol. The number of nitrogens with zero attached hydrogens (tertiary/aromatic N) is 4. The smallest absolute Gasteiger partial charge is 0.278 e. The quantitative estimate of drug-likeness (QED) is 0.295. The van der Waals surface area contributed by atoms with Gasteiger partial charge in [-0.1, -0.05) is 53.7 Å². The van der Waals surface area contributed by atoms with Crippen molar-refractivity contribution in [2.45, 2.75) is 35.2 Å². The molecule has 1 aliphatic heterocycles. The summed E-state index contributed by atoms with van der Waals surface area (Å²) < 4.78 is 0. The number of nitrogens with one attached hydrogen (secondary N) is 1. The molecule has 3 heterocycles. The first-order valence-electron chi connectivity index (χ1n) is 12.8. The van der Waals surface area contributed by atoms with E-state index in [2.05, 4.69) is 49.4 Å². The number of carbonyl (C=O) groups is 1. The number of pyridine rings is 1. The molecule has 2 aromatic carbocycles. The lowest BCUT2D eigenvalue weighted by molar-refractivity contribution is 0.101. The van der Waals surface area contributed by atoms with E-state index in [4.69, 9.17) is 17.3 Å². The molecule has 1 aliphatic carbocycles. The highest BCUT2D eigenvalue weighted by molar-refractivity contribution is 7.99. The molecule has 0 unspecified atom stereocenters. The van der Waals surface area contributed by atoms with Gasteiger partial charge in [-0.25, -0.2) is 15.0 Å². The van der Waals surface area contributed by atoms with Gasteiger partial charge in [0.05, 0.1) is 23.1 Å². The first-order valence-corrected chi connectivity index (χ1v) is 13.9. The van der Waals surface area contributed by atoms with Gasteiger partial charge in [-0.05, 0) is 60.1 Å². The first-order chi connectivity index (χ1) is 18.9. The Hall–Kier alpha value is -3.66. The Morgan fingerprint density at radius 3 is 2.62 bits per heavy atom. The number of carbonyl (C=O) groups excluding carboxylic acids is 1. The van der Waals surface area contributed by atoms with E-state index in [-0.39, 0.29) is 22.9 Å². The Morgan fingerprint density at radius 1 is 1.05 bits per heavy atom. The Bertz CT molecular complexity index is 1520. The van der Waals surface area contributed by atoms with Gasteiger partial charge in [0.25, 0.3) is 5.91 Å². The van der Waals surface area contributed by atoms with Crippen LogP contribution in [0.4, 0.5) is 11.5 Å². The minimum atomic E-state index is -0.549. The molecule has 1 saturated heterocycles. The van der Waals surface area contributed by atoms with Crippen LogP contribution in [0.3, 0.4) is 0 Å². The third-order valence-electron chi connectivity index (χ3n) is 7.72. The van der Waals surface area contributed by atoms with Crippen LogP contribution in [0.1, 0.15) is 40.5 Å². The lowest BCUT2D eigenvalue weighted by atomic mass is 9.73. The van der Waals surface area contributed by atoms with E-state index in [1.165, 1.54) is 35.2 Å². The zero-order chi connectivity index (χ0) is 27.0. The Labute approximate surface area is 235 Å². The standard InChI is InChI=1S/C29H27ClN6O2S/c30-25-20(35-28(38)26-21(37)8-4-12-32-26)7-3-9-22(25)39-24-17-33-23(16-34-24)36-13-10-29(11-14-36)15-18-5-1-2-6-19(18)27(29)31/h1-9,12,16-17,27,37H,10-11,13-15,31H2,(H,35,38)/t27-/m1/s1. The average Bonchev–Trinajstić information content (AvgIpc) is 3.22. The maximum Gasteiger partial charge on any atom is 0.278 e. The number of rotatable bonds is 5. The zero-order valence-electron chi connectivity index (χ0n) is 21.0. The third-order valence-corrected chi connectivity index (χ3v) is 9.22. The fraction of sp³-hybridized carbons (Fsp3) is 0.241. The van der Waals surface area contributed by atoms with E-state index in [1.54, 1.807) is 30.6 Å². The van der Waals surface area contributed by atoms with Crippen LogP contribution in [0, 0.1) is 5.41 Å². The van der Waals surface area contributed by atoms with Gasteiger partial charge >= 0.3 is 0 Å². The minimum absolute atomic E-state index is 0.0730. The summed E-state index contributed by atoms with van der Waals surface area (Å²) in [6, 6.07) is 16.9. The molecule has 1 amide bonds. The van der Waals surface area contributed by atoms with E-state index >= 15 is 0 Å². The molecule has 0 radical (unpaired) electrons. The number of benzene rings is 2. The minimum Gasteiger partial charge on any atom is -0.505 e. The number of hydrogen-bond acceptors (Lipinski definition) is 8. The third kappa shape index (κ3) is 4.93. The van der Waals surface area contributed by atoms with Crippen LogP contribution in [0.5, 0.6) is 5.75 Å². The molecule has 1 atom stereocenters. The van der Waals surface area contributed by atoms with E-state index in [0.717, 1.165) is 43.1 Å². The second-order valence-electron chi connectivity index (χ2n) is 9.96. The Kier molecular flexibility index (Phi) is 6.88. The predicted octanol–water partition coefficient (Wildman–Crippen LogP) is 5.48. The summed E-state index contributed by atoms with van der Waals surface area (Å²) >= 11 is 7.96. The van der Waals surface area contributed by atoms with Crippen molar-refractivity contribution in [3.05, 3.63) is 95.0 Å². The molecule has 8 nitrogen and oxygen atoms in total. The summed E-state index contributed by atoms with van der Waals surface area (Å²) in [7, 11) is 0. The van der Waals surface area contributed by atoms with Crippen molar-refractivity contribution >= 4 is 40.8 Å². The van der Waals surface area contributed by atoms with Gasteiger partial charge in [-0.3, -0.25) is 4.79 Å². The molecule has 6 rings (SSSR count). The van der Waals surface area contributed by atoms with Crippen LogP contribution < -0.4 is 16.0 Å². The maximum atomic E-state index is 12.6. The lowest BCUT2D eigenvalue weighted by Crippen LogP contribution is -2.44. The first kappa shape index (κ1) is 25.6. The van der Waals surface area contributed by atoms with Crippen LogP contribution in [0.2, 0.25) is 5.02 Å². The SMILES string of the molecule is N[C@@H]1c2ccccc2CC12CCN(c1cnc(Sc3cccc(NC(=O)c4ncccc4O)c3Cl)cn1)CC2. The normalized spacial score (nSPS) is 17.7. The molecular weight excluding hydrogens is 532 g/mol. The number of anilines is 2. The van der Waals surface area contributed by atoms with Crippen molar-refractivity contribution < 1.29 is 9.90 Å². The van der Waals surface area contributed by atoms with Gasteiger partial charge in [-0.15, -0.1) is 0 Å². The van der Waals surface area contributed by atoms with Gasteiger partial charge in [0.1, 0.15) is 16.6 Å². The molecule has 4 aromatic rings. The number of hydrogen-bond donors (Lipinski definition) is 3. The van der Waals surface area contributed by atoms with E-state index in [0.29, 0.717) is 15.7 Å². The number of aromatic hydroxyl groups is 1. The lowest BCUT2D eigenvalue weighted by Gasteiger charge is -2.42. The molecule has 1 fully saturated rings. The van der Waals surface area contributed by atoms with Crippen LogP contribution in [-0.4, -0.2) is 39.1 Å². The van der Waals surface area contributed by atoms with Crippen LogP contribution in [-0.2, 0) is 6.42 Å². The highest BCUT2D eigenvalue weighted by atomic mass is 35.5. The predicted molar refractivity (Wildman–Crippen MR) is 152 cm³/mol. The number of amides is 1. The molecule has 2 aromatic heterocycles. The summed E-state index contributed by atoms with van der Waals surface area (Å²) in [6.45, 7) is 1.78. The molecule has 4 N–H and O–H groups in total. The van der Waals surface area contributed by atoms with Crippen molar-refractivity contribution in [2.75, 3.05) is 23.3 Å². The molecule has 0 bridgehead atoms. The maximum absolute atomic E-state index is 12.6. The van der Waals surface area contributed by atoms with Crippen LogP contribution in [0.15, 0.2) is 83.1 Å². The summed E-state index contributed by atoms with van der Waals surface area (Å²) in [6.07, 6.45) is 8.07. The van der Waals surface area contributed by atoms with Crippen LogP contribution >= 0.6 is 23.4 Å². The Morgan fingerprint density at radius 2 is 1.87 bits per heavy atom. The molecule has 198 valence electrons. The van der Waals surface area contributed by atoms with Crippen molar-refractivity contribution in [3.63, 3.8) is 0 Å². The topological polar surface area (TPSA) is 117 Å². The molecular formula is C29H27ClN6O2S. The van der Waals surface area contributed by atoms with Crippen molar-refractivity contribution in [3.8, 4) is 5.75 Å². The summed E-state index contributed by atoms with van der Waals surface area (Å²) in [4.78, 5) is 28.8. The van der Waals surface area contributed by atoms with Crippen molar-refractivity contribution in [1.29, 1.82) is 0 Å². The average molecular weight is 559 g/mol. The zero-order valence-corrected chi connectivity index (χ0v) is 22.6. The number of fused-ring (bicyclic) bond motifs is 1. The molecule has 39 heavy (non-hydrogen) atoms. The van der Waals surface area contributed by atoms with Gasteiger partial charge in [0, 0.05) is 30.2 Å². The molecule has 0 saturated carbocycles. The molecule has 1 spiro atoms. The van der Waals surface area contributed by atoms with E-state index in [1.807, 2.05) is 6.07 Å². The number of piperidine rings is 1. The summed E-state index contributed by atoms with van der Waals surface area (Å²) in [5.41, 5.74) is 9.86. The van der Waals surface area contributed by atoms with Crippen molar-refractivity contribution in [2.24, 2.45) is 11.1 Å². The Balaban J connectivity index is 1.10. The van der Waals surface area contributed by atoms with Gasteiger partial charge in [0.15, 0.2) is 5.69 Å². The number of nitrogens with two attached hydrogens (primary N) is 1. The van der Waals surface area contributed by atoms with Crippen molar-refractivity contribution in [1.82, 2.24) is 15.0 Å².